The Morgan fingerprint density at radius 2 is 1.50 bits per heavy atom. The average molecular weight is 739 g/mol. The first-order valence-electron chi connectivity index (χ1n) is 16.4. The standard InChI is InChI=1S/C38H41Cl2N3O6S/c1-26-16-18-29(19-17-26)43(50(46,47)30-20-21-35(48-2)36(23-30)49-3)25-37(44)42(24-31-32(39)14-9-15-33(31)40)34(22-27-10-5-4-6-11-27)38(45)41-28-12-7-8-13-28/h4-6,9-11,14-21,23,28,34H,7-8,12-13,22,24-25H2,1-3H3,(H,41,45). The SMILES string of the molecule is COc1ccc(S(=O)(=O)N(CC(=O)N(Cc2c(Cl)cccc2Cl)C(Cc2ccccc2)C(=O)NC2CCCC2)c2ccc(C)cc2)cc1OC. The fourth-order valence-corrected chi connectivity index (χ4v) is 8.07. The van der Waals surface area contributed by atoms with Gasteiger partial charge in [0.1, 0.15) is 12.6 Å². The zero-order valence-electron chi connectivity index (χ0n) is 28.3. The van der Waals surface area contributed by atoms with Crippen molar-refractivity contribution in [2.45, 2.75) is 62.6 Å². The van der Waals surface area contributed by atoms with Crippen molar-refractivity contribution in [2.24, 2.45) is 0 Å². The summed E-state index contributed by atoms with van der Waals surface area (Å²) in [6, 6.07) is 24.5. The highest BCUT2D eigenvalue weighted by Gasteiger charge is 2.36. The number of nitrogens with one attached hydrogen (secondary N) is 1. The van der Waals surface area contributed by atoms with Crippen molar-refractivity contribution in [3.05, 3.63) is 118 Å². The van der Waals surface area contributed by atoms with Crippen molar-refractivity contribution in [1.29, 1.82) is 0 Å². The molecule has 1 unspecified atom stereocenters. The molecule has 1 fully saturated rings. The Bertz CT molecular complexity index is 1880. The number of carbonyl (C=O) groups is 2. The van der Waals surface area contributed by atoms with Crippen molar-refractivity contribution >= 4 is 50.7 Å². The van der Waals surface area contributed by atoms with Gasteiger partial charge in [-0.25, -0.2) is 8.42 Å². The zero-order valence-corrected chi connectivity index (χ0v) is 30.6. The van der Waals surface area contributed by atoms with E-state index in [1.165, 1.54) is 37.3 Å². The van der Waals surface area contributed by atoms with Gasteiger partial charge in [-0.1, -0.05) is 90.1 Å². The molecule has 0 heterocycles. The molecule has 1 N–H and O–H groups in total. The number of hydrogen-bond donors (Lipinski definition) is 1. The summed E-state index contributed by atoms with van der Waals surface area (Å²) in [4.78, 5) is 30.3. The summed E-state index contributed by atoms with van der Waals surface area (Å²) >= 11 is 13.3. The van der Waals surface area contributed by atoms with E-state index in [1.807, 2.05) is 37.3 Å². The second-order valence-corrected chi connectivity index (χ2v) is 15.0. The molecular weight excluding hydrogens is 697 g/mol. The van der Waals surface area contributed by atoms with E-state index in [2.05, 4.69) is 5.32 Å². The van der Waals surface area contributed by atoms with Crippen LogP contribution in [-0.4, -0.2) is 58.0 Å². The molecule has 0 saturated heterocycles. The average Bonchev–Trinajstić information content (AvgIpc) is 3.63. The fraction of sp³-hybridized carbons (Fsp3) is 0.316. The first-order valence-corrected chi connectivity index (χ1v) is 18.6. The number of rotatable bonds is 14. The summed E-state index contributed by atoms with van der Waals surface area (Å²) in [6.07, 6.45) is 3.88. The first kappa shape index (κ1) is 37.0. The van der Waals surface area contributed by atoms with Crippen molar-refractivity contribution in [2.75, 3.05) is 25.1 Å². The highest BCUT2D eigenvalue weighted by atomic mass is 35.5. The van der Waals surface area contributed by atoms with Gasteiger partial charge in [0.25, 0.3) is 10.0 Å². The van der Waals surface area contributed by atoms with Gasteiger partial charge in [0.15, 0.2) is 11.5 Å². The minimum absolute atomic E-state index is 0.0175. The van der Waals surface area contributed by atoms with Gasteiger partial charge in [0.05, 0.1) is 24.8 Å². The number of aryl methyl sites for hydroxylation is 1. The van der Waals surface area contributed by atoms with Crippen LogP contribution in [0.4, 0.5) is 5.69 Å². The topological polar surface area (TPSA) is 105 Å². The van der Waals surface area contributed by atoms with Gasteiger partial charge in [-0.3, -0.25) is 13.9 Å². The summed E-state index contributed by atoms with van der Waals surface area (Å²) in [5.74, 6) is -0.385. The van der Waals surface area contributed by atoms with Crippen molar-refractivity contribution in [3.63, 3.8) is 0 Å². The number of methoxy groups -OCH3 is 2. The van der Waals surface area contributed by atoms with Gasteiger partial charge in [-0.15, -0.1) is 0 Å². The molecule has 9 nitrogen and oxygen atoms in total. The molecule has 264 valence electrons. The monoisotopic (exact) mass is 737 g/mol. The van der Waals surface area contributed by atoms with Gasteiger partial charge >= 0.3 is 0 Å². The Kier molecular flexibility index (Phi) is 12.3. The summed E-state index contributed by atoms with van der Waals surface area (Å²) in [5, 5.41) is 3.80. The molecule has 2 amide bonds. The number of benzene rings is 4. The molecule has 50 heavy (non-hydrogen) atoms. The number of ether oxygens (including phenoxy) is 2. The van der Waals surface area contributed by atoms with E-state index in [1.54, 1.807) is 42.5 Å². The Labute approximate surface area is 304 Å². The largest absolute Gasteiger partial charge is 0.493 e. The lowest BCUT2D eigenvalue weighted by atomic mass is 10.0. The third-order valence-electron chi connectivity index (χ3n) is 8.91. The number of anilines is 1. The Morgan fingerprint density at radius 1 is 0.860 bits per heavy atom. The molecule has 0 aliphatic heterocycles. The normalized spacial score (nSPS) is 13.8. The molecule has 1 aliphatic rings. The van der Waals surface area contributed by atoms with Crippen LogP contribution in [0, 0.1) is 6.92 Å². The molecule has 0 radical (unpaired) electrons. The fourth-order valence-electron chi connectivity index (χ4n) is 6.12. The molecule has 0 spiro atoms. The van der Waals surface area contributed by atoms with Crippen LogP contribution >= 0.6 is 23.2 Å². The predicted molar refractivity (Wildman–Crippen MR) is 197 cm³/mol. The van der Waals surface area contributed by atoms with Gasteiger partial charge in [-0.05, 0) is 61.7 Å². The minimum atomic E-state index is -4.37. The van der Waals surface area contributed by atoms with Gasteiger partial charge in [0.2, 0.25) is 11.8 Å². The van der Waals surface area contributed by atoms with E-state index in [9.17, 15) is 18.0 Å². The van der Waals surface area contributed by atoms with Crippen LogP contribution in [0.2, 0.25) is 10.0 Å². The molecule has 4 aromatic carbocycles. The van der Waals surface area contributed by atoms with E-state index in [0.717, 1.165) is 41.1 Å². The van der Waals surface area contributed by atoms with Gasteiger partial charge in [-0.2, -0.15) is 0 Å². The molecule has 0 aromatic heterocycles. The molecule has 1 saturated carbocycles. The van der Waals surface area contributed by atoms with E-state index < -0.39 is 28.5 Å². The third-order valence-corrected chi connectivity index (χ3v) is 11.4. The maximum atomic E-state index is 14.8. The quantitative estimate of drug-likeness (QED) is 0.147. The molecule has 12 heteroatoms. The Morgan fingerprint density at radius 3 is 2.12 bits per heavy atom. The lowest BCUT2D eigenvalue weighted by molar-refractivity contribution is -0.140. The van der Waals surface area contributed by atoms with E-state index in [4.69, 9.17) is 32.7 Å². The van der Waals surface area contributed by atoms with Crippen LogP contribution < -0.4 is 19.1 Å². The van der Waals surface area contributed by atoms with Crippen LogP contribution in [0.5, 0.6) is 11.5 Å². The first-order chi connectivity index (χ1) is 24.0. The number of sulfonamides is 1. The molecule has 1 aliphatic carbocycles. The highest BCUT2D eigenvalue weighted by Crippen LogP contribution is 2.33. The van der Waals surface area contributed by atoms with Crippen LogP contribution in [0.1, 0.15) is 42.4 Å². The number of amides is 2. The van der Waals surface area contributed by atoms with Crippen LogP contribution in [0.3, 0.4) is 0 Å². The van der Waals surface area contributed by atoms with Crippen molar-refractivity contribution in [3.8, 4) is 11.5 Å². The van der Waals surface area contributed by atoms with Crippen molar-refractivity contribution in [1.82, 2.24) is 10.2 Å². The number of hydrogen-bond acceptors (Lipinski definition) is 6. The second kappa shape index (κ2) is 16.6. The summed E-state index contributed by atoms with van der Waals surface area (Å²) in [7, 11) is -1.50. The lowest BCUT2D eigenvalue weighted by Gasteiger charge is -2.34. The van der Waals surface area contributed by atoms with Crippen molar-refractivity contribution < 1.29 is 27.5 Å². The molecule has 4 aromatic rings. The highest BCUT2D eigenvalue weighted by molar-refractivity contribution is 7.92. The van der Waals surface area contributed by atoms with Gasteiger partial charge < -0.3 is 19.7 Å². The van der Waals surface area contributed by atoms with E-state index in [0.29, 0.717) is 21.4 Å². The van der Waals surface area contributed by atoms with E-state index in [-0.39, 0.29) is 41.2 Å². The molecule has 5 rings (SSSR count). The molecular formula is C38H41Cl2N3O6S. The van der Waals surface area contributed by atoms with Gasteiger partial charge in [0, 0.05) is 40.7 Å². The number of carbonyl (C=O) groups excluding carboxylic acids is 2. The third kappa shape index (κ3) is 8.72. The Balaban J connectivity index is 1.61. The second-order valence-electron chi connectivity index (χ2n) is 12.3. The molecule has 1 atom stereocenters. The lowest BCUT2D eigenvalue weighted by Crippen LogP contribution is -2.54. The summed E-state index contributed by atoms with van der Waals surface area (Å²) < 4.78 is 40.7. The summed E-state index contributed by atoms with van der Waals surface area (Å²) in [5.41, 5.74) is 2.45. The predicted octanol–water partition coefficient (Wildman–Crippen LogP) is 7.21. The smallest absolute Gasteiger partial charge is 0.264 e. The Hall–Kier alpha value is -4.25. The number of halogens is 2. The van der Waals surface area contributed by atoms with Crippen LogP contribution in [0.25, 0.3) is 0 Å². The number of nitrogens with zero attached hydrogens (tertiary/aromatic N) is 2. The minimum Gasteiger partial charge on any atom is -0.493 e. The molecule has 0 bridgehead atoms. The summed E-state index contributed by atoms with van der Waals surface area (Å²) in [6.45, 7) is 1.13. The maximum Gasteiger partial charge on any atom is 0.264 e. The zero-order chi connectivity index (χ0) is 35.8. The maximum absolute atomic E-state index is 14.8. The van der Waals surface area contributed by atoms with Crippen LogP contribution in [0.15, 0.2) is 95.9 Å². The van der Waals surface area contributed by atoms with Crippen LogP contribution in [-0.2, 0) is 32.6 Å². The van der Waals surface area contributed by atoms with E-state index >= 15 is 0 Å².